The minimum atomic E-state index is -0.452. The summed E-state index contributed by atoms with van der Waals surface area (Å²) in [7, 11) is 0. The predicted molar refractivity (Wildman–Crippen MR) is 73.2 cm³/mol. The summed E-state index contributed by atoms with van der Waals surface area (Å²) in [6.45, 7) is 6.23. The van der Waals surface area contributed by atoms with Crippen molar-refractivity contribution in [3.63, 3.8) is 0 Å². The Hall–Kier alpha value is -1.35. The number of carbonyl (C=O) groups excluding carboxylic acids is 1. The van der Waals surface area contributed by atoms with Gasteiger partial charge in [-0.05, 0) is 36.3 Å². The molecule has 2 atom stereocenters. The van der Waals surface area contributed by atoms with Crippen LogP contribution in [0.3, 0.4) is 0 Å². The van der Waals surface area contributed by atoms with E-state index in [-0.39, 0.29) is 17.4 Å². The summed E-state index contributed by atoms with van der Waals surface area (Å²) in [5.41, 5.74) is 8.38. The van der Waals surface area contributed by atoms with E-state index in [4.69, 9.17) is 5.73 Å². The molecule has 0 saturated heterocycles. The molecule has 2 rings (SSSR count). The highest BCUT2D eigenvalue weighted by Crippen LogP contribution is 2.41. The molecule has 1 amide bonds. The van der Waals surface area contributed by atoms with Crippen LogP contribution in [0.2, 0.25) is 0 Å². The number of carbonyl (C=O) groups is 1. The fourth-order valence-corrected chi connectivity index (χ4v) is 2.67. The standard InChI is InChI=1S/C15H22N2O/c1-10(16)14(18)17-13-8-9-15(2,3)12-7-5-4-6-11(12)13/h4-7,10,13H,8-9,16H2,1-3H3,(H,17,18)/t10-,13?/m1/s1. The van der Waals surface area contributed by atoms with Gasteiger partial charge in [-0.15, -0.1) is 0 Å². The smallest absolute Gasteiger partial charge is 0.237 e. The molecule has 0 spiro atoms. The summed E-state index contributed by atoms with van der Waals surface area (Å²) in [5, 5.41) is 3.05. The average molecular weight is 246 g/mol. The lowest BCUT2D eigenvalue weighted by Gasteiger charge is -2.37. The first-order valence-corrected chi connectivity index (χ1v) is 6.57. The minimum Gasteiger partial charge on any atom is -0.348 e. The summed E-state index contributed by atoms with van der Waals surface area (Å²) >= 11 is 0. The van der Waals surface area contributed by atoms with E-state index < -0.39 is 6.04 Å². The zero-order valence-electron chi connectivity index (χ0n) is 11.4. The molecule has 0 fully saturated rings. The lowest BCUT2D eigenvalue weighted by atomic mass is 9.71. The molecule has 3 heteroatoms. The maximum atomic E-state index is 11.7. The van der Waals surface area contributed by atoms with Gasteiger partial charge in [-0.2, -0.15) is 0 Å². The third-order valence-electron chi connectivity index (χ3n) is 3.85. The first kappa shape index (κ1) is 13.1. The van der Waals surface area contributed by atoms with Crippen molar-refractivity contribution >= 4 is 5.91 Å². The number of fused-ring (bicyclic) bond motifs is 1. The second kappa shape index (κ2) is 4.73. The maximum absolute atomic E-state index is 11.7. The van der Waals surface area contributed by atoms with Gasteiger partial charge in [0.05, 0.1) is 12.1 Å². The molecule has 3 N–H and O–H groups in total. The Kier molecular flexibility index (Phi) is 3.44. The summed E-state index contributed by atoms with van der Waals surface area (Å²) in [6, 6.07) is 8.03. The van der Waals surface area contributed by atoms with E-state index in [1.54, 1.807) is 6.92 Å². The van der Waals surface area contributed by atoms with Crippen molar-refractivity contribution in [3.8, 4) is 0 Å². The lowest BCUT2D eigenvalue weighted by molar-refractivity contribution is -0.122. The van der Waals surface area contributed by atoms with Crippen LogP contribution in [0.5, 0.6) is 0 Å². The molecular formula is C15H22N2O. The number of hydrogen-bond donors (Lipinski definition) is 2. The molecule has 0 aliphatic heterocycles. The van der Waals surface area contributed by atoms with Gasteiger partial charge in [0.2, 0.25) is 5.91 Å². The van der Waals surface area contributed by atoms with Gasteiger partial charge < -0.3 is 11.1 Å². The zero-order chi connectivity index (χ0) is 13.3. The van der Waals surface area contributed by atoms with E-state index in [0.29, 0.717) is 0 Å². The maximum Gasteiger partial charge on any atom is 0.237 e. The van der Waals surface area contributed by atoms with E-state index in [1.807, 2.05) is 6.07 Å². The molecule has 1 aromatic rings. The highest BCUT2D eigenvalue weighted by Gasteiger charge is 2.33. The van der Waals surface area contributed by atoms with Crippen LogP contribution in [0.1, 0.15) is 50.8 Å². The normalized spacial score (nSPS) is 23.0. The average Bonchev–Trinajstić information content (AvgIpc) is 2.33. The van der Waals surface area contributed by atoms with Gasteiger partial charge in [0.15, 0.2) is 0 Å². The SMILES string of the molecule is C[C@@H](N)C(=O)NC1CCC(C)(C)c2ccccc21. The summed E-state index contributed by atoms with van der Waals surface area (Å²) in [5.74, 6) is -0.0745. The van der Waals surface area contributed by atoms with Crippen LogP contribution in [0, 0.1) is 0 Å². The number of benzene rings is 1. The fourth-order valence-electron chi connectivity index (χ4n) is 2.67. The minimum absolute atomic E-state index is 0.0745. The Morgan fingerprint density at radius 2 is 2.11 bits per heavy atom. The Labute approximate surface area is 109 Å². The van der Waals surface area contributed by atoms with Crippen molar-refractivity contribution in [2.24, 2.45) is 5.73 Å². The van der Waals surface area contributed by atoms with Gasteiger partial charge in [-0.25, -0.2) is 0 Å². The molecule has 0 bridgehead atoms. The molecule has 1 aliphatic rings. The van der Waals surface area contributed by atoms with Crippen molar-refractivity contribution in [2.75, 3.05) is 0 Å². The van der Waals surface area contributed by atoms with Gasteiger partial charge in [-0.1, -0.05) is 38.1 Å². The van der Waals surface area contributed by atoms with Gasteiger partial charge >= 0.3 is 0 Å². The van der Waals surface area contributed by atoms with Crippen LogP contribution >= 0.6 is 0 Å². The molecule has 1 unspecified atom stereocenters. The monoisotopic (exact) mass is 246 g/mol. The Balaban J connectivity index is 2.29. The number of amides is 1. The summed E-state index contributed by atoms with van der Waals surface area (Å²) in [4.78, 5) is 11.7. The molecule has 3 nitrogen and oxygen atoms in total. The largest absolute Gasteiger partial charge is 0.348 e. The van der Waals surface area contributed by atoms with E-state index >= 15 is 0 Å². The second-order valence-electron chi connectivity index (χ2n) is 5.86. The van der Waals surface area contributed by atoms with Crippen LogP contribution in [-0.4, -0.2) is 11.9 Å². The highest BCUT2D eigenvalue weighted by molar-refractivity contribution is 5.81. The van der Waals surface area contributed by atoms with Crippen molar-refractivity contribution in [2.45, 2.75) is 51.1 Å². The number of nitrogens with one attached hydrogen (secondary N) is 1. The van der Waals surface area contributed by atoms with Crippen molar-refractivity contribution < 1.29 is 4.79 Å². The van der Waals surface area contributed by atoms with Gasteiger partial charge in [0.1, 0.15) is 0 Å². The molecule has 18 heavy (non-hydrogen) atoms. The molecule has 0 radical (unpaired) electrons. The van der Waals surface area contributed by atoms with Crippen LogP contribution in [0.15, 0.2) is 24.3 Å². The third kappa shape index (κ3) is 2.41. The molecule has 1 aliphatic carbocycles. The fraction of sp³-hybridized carbons (Fsp3) is 0.533. The van der Waals surface area contributed by atoms with Crippen molar-refractivity contribution in [1.29, 1.82) is 0 Å². The van der Waals surface area contributed by atoms with E-state index in [0.717, 1.165) is 12.8 Å². The second-order valence-corrected chi connectivity index (χ2v) is 5.86. The van der Waals surface area contributed by atoms with Gasteiger partial charge in [-0.3, -0.25) is 4.79 Å². The van der Waals surface area contributed by atoms with Crippen LogP contribution < -0.4 is 11.1 Å². The van der Waals surface area contributed by atoms with Crippen LogP contribution in [-0.2, 0) is 10.2 Å². The Morgan fingerprint density at radius 3 is 2.78 bits per heavy atom. The first-order valence-electron chi connectivity index (χ1n) is 6.57. The van der Waals surface area contributed by atoms with Crippen LogP contribution in [0.25, 0.3) is 0 Å². The number of hydrogen-bond acceptors (Lipinski definition) is 2. The van der Waals surface area contributed by atoms with E-state index in [9.17, 15) is 4.79 Å². The van der Waals surface area contributed by atoms with E-state index in [1.165, 1.54) is 11.1 Å². The van der Waals surface area contributed by atoms with E-state index in [2.05, 4.69) is 37.4 Å². The highest BCUT2D eigenvalue weighted by atomic mass is 16.2. The lowest BCUT2D eigenvalue weighted by Crippen LogP contribution is -2.42. The van der Waals surface area contributed by atoms with Crippen molar-refractivity contribution in [1.82, 2.24) is 5.32 Å². The number of rotatable bonds is 2. The van der Waals surface area contributed by atoms with Crippen molar-refractivity contribution in [3.05, 3.63) is 35.4 Å². The third-order valence-corrected chi connectivity index (χ3v) is 3.85. The predicted octanol–water partition coefficient (Wildman–Crippen LogP) is 2.26. The summed E-state index contributed by atoms with van der Waals surface area (Å²) in [6.07, 6.45) is 2.05. The Morgan fingerprint density at radius 1 is 1.44 bits per heavy atom. The molecule has 0 heterocycles. The van der Waals surface area contributed by atoms with Crippen LogP contribution in [0.4, 0.5) is 0 Å². The molecule has 98 valence electrons. The summed E-state index contributed by atoms with van der Waals surface area (Å²) < 4.78 is 0. The Bertz CT molecular complexity index is 452. The number of nitrogens with two attached hydrogens (primary N) is 1. The topological polar surface area (TPSA) is 55.1 Å². The molecule has 0 saturated carbocycles. The molecule has 1 aromatic carbocycles. The quantitative estimate of drug-likeness (QED) is 0.841. The molecular weight excluding hydrogens is 224 g/mol. The first-order chi connectivity index (χ1) is 8.42. The molecule has 0 aromatic heterocycles. The zero-order valence-corrected chi connectivity index (χ0v) is 11.4. The van der Waals surface area contributed by atoms with Gasteiger partial charge in [0.25, 0.3) is 0 Å². The van der Waals surface area contributed by atoms with Gasteiger partial charge in [0, 0.05) is 0 Å².